The summed E-state index contributed by atoms with van der Waals surface area (Å²) in [5, 5.41) is 4.10. The molecule has 0 fully saturated rings. The van der Waals surface area contributed by atoms with E-state index in [9.17, 15) is 9.59 Å². The van der Waals surface area contributed by atoms with Crippen LogP contribution in [-0.4, -0.2) is 46.9 Å². The van der Waals surface area contributed by atoms with Gasteiger partial charge >= 0.3 is 0 Å². The monoisotopic (exact) mass is 408 g/mol. The minimum absolute atomic E-state index is 0.0710. The molecule has 0 saturated carbocycles. The molecule has 0 bridgehead atoms. The zero-order valence-corrected chi connectivity index (χ0v) is 16.9. The van der Waals surface area contributed by atoms with Crippen molar-refractivity contribution in [3.05, 3.63) is 54.2 Å². The summed E-state index contributed by atoms with van der Waals surface area (Å²) in [5.74, 6) is 0.249. The number of anilines is 1. The van der Waals surface area contributed by atoms with E-state index in [0.29, 0.717) is 17.3 Å². The fraction of sp³-hybridized carbons (Fsp3) is 0.190. The van der Waals surface area contributed by atoms with Crippen LogP contribution in [-0.2, 0) is 4.79 Å². The summed E-state index contributed by atoms with van der Waals surface area (Å²) in [5.41, 5.74) is 2.21. The molecule has 0 aliphatic rings. The lowest BCUT2D eigenvalue weighted by atomic mass is 10.1. The van der Waals surface area contributed by atoms with E-state index in [1.807, 2.05) is 49.4 Å². The summed E-state index contributed by atoms with van der Waals surface area (Å²) in [6.45, 7) is 2.44. The average Bonchev–Trinajstić information content (AvgIpc) is 3.30. The number of amides is 2. The summed E-state index contributed by atoms with van der Waals surface area (Å²) in [7, 11) is 1.61. The van der Waals surface area contributed by atoms with Gasteiger partial charge < -0.3 is 19.9 Å². The number of H-pyrrole nitrogens is 1. The highest BCUT2D eigenvalue weighted by molar-refractivity contribution is 7.22. The molecule has 2 aromatic carbocycles. The number of nitrogens with zero attached hydrogens (tertiary/aromatic N) is 2. The summed E-state index contributed by atoms with van der Waals surface area (Å²) in [4.78, 5) is 34.1. The molecule has 8 heteroatoms. The van der Waals surface area contributed by atoms with Gasteiger partial charge in [-0.25, -0.2) is 4.98 Å². The van der Waals surface area contributed by atoms with E-state index in [1.54, 1.807) is 13.2 Å². The molecule has 0 aliphatic heterocycles. The third kappa shape index (κ3) is 3.93. The Balaban J connectivity index is 1.43. The molecule has 148 valence electrons. The largest absolute Gasteiger partial charge is 0.494 e. The number of carbonyl (C=O) groups is 2. The van der Waals surface area contributed by atoms with E-state index >= 15 is 0 Å². The number of hydrogen-bond donors (Lipinski definition) is 2. The van der Waals surface area contributed by atoms with E-state index in [1.165, 1.54) is 16.2 Å². The van der Waals surface area contributed by atoms with Gasteiger partial charge in [0.25, 0.3) is 5.91 Å². The molecule has 29 heavy (non-hydrogen) atoms. The Kier molecular flexibility index (Phi) is 5.18. The van der Waals surface area contributed by atoms with Crippen molar-refractivity contribution in [3.8, 4) is 5.75 Å². The van der Waals surface area contributed by atoms with Gasteiger partial charge in [0.05, 0.1) is 28.9 Å². The summed E-state index contributed by atoms with van der Waals surface area (Å²) < 4.78 is 6.42. The Morgan fingerprint density at radius 1 is 1.24 bits per heavy atom. The van der Waals surface area contributed by atoms with Crippen molar-refractivity contribution in [2.75, 3.05) is 25.5 Å². The highest BCUT2D eigenvalue weighted by Gasteiger charge is 2.19. The van der Waals surface area contributed by atoms with E-state index in [0.717, 1.165) is 26.9 Å². The van der Waals surface area contributed by atoms with Crippen LogP contribution in [0.4, 0.5) is 5.13 Å². The number of aromatic nitrogens is 2. The summed E-state index contributed by atoms with van der Waals surface area (Å²) >= 11 is 1.37. The van der Waals surface area contributed by atoms with Gasteiger partial charge in [0.15, 0.2) is 5.13 Å². The topological polar surface area (TPSA) is 87.3 Å². The predicted molar refractivity (Wildman–Crippen MR) is 115 cm³/mol. The van der Waals surface area contributed by atoms with Crippen molar-refractivity contribution >= 4 is 49.4 Å². The first-order valence-electron chi connectivity index (χ1n) is 9.20. The molecule has 7 nitrogen and oxygen atoms in total. The lowest BCUT2D eigenvalue weighted by molar-refractivity contribution is -0.116. The third-order valence-corrected chi connectivity index (χ3v) is 5.40. The normalized spacial score (nSPS) is 11.0. The number of aromatic amines is 1. The molecule has 0 saturated heterocycles. The Morgan fingerprint density at radius 3 is 2.90 bits per heavy atom. The lowest BCUT2D eigenvalue weighted by Crippen LogP contribution is -2.34. The molecule has 2 N–H and O–H groups in total. The maximum Gasteiger partial charge on any atom is 0.256 e. The van der Waals surface area contributed by atoms with Crippen LogP contribution in [0.5, 0.6) is 5.75 Å². The van der Waals surface area contributed by atoms with Gasteiger partial charge in [0.1, 0.15) is 5.75 Å². The molecular formula is C21H20N4O3S. The van der Waals surface area contributed by atoms with Crippen LogP contribution in [0, 0.1) is 0 Å². The van der Waals surface area contributed by atoms with Gasteiger partial charge in [0.2, 0.25) is 5.91 Å². The van der Waals surface area contributed by atoms with Gasteiger partial charge in [-0.1, -0.05) is 29.5 Å². The minimum atomic E-state index is -0.301. The van der Waals surface area contributed by atoms with Crippen molar-refractivity contribution in [2.24, 2.45) is 0 Å². The average molecular weight is 408 g/mol. The van der Waals surface area contributed by atoms with Crippen LogP contribution >= 0.6 is 11.3 Å². The number of thiazole rings is 1. The van der Waals surface area contributed by atoms with Crippen molar-refractivity contribution in [1.82, 2.24) is 14.9 Å². The number of hydrogen-bond acceptors (Lipinski definition) is 5. The number of likely N-dealkylation sites (N-methyl/N-ethyl adjacent to an activating group) is 1. The maximum absolute atomic E-state index is 12.7. The Morgan fingerprint density at radius 2 is 2.07 bits per heavy atom. The number of benzene rings is 2. The molecular weight excluding hydrogens is 388 g/mol. The first-order valence-corrected chi connectivity index (χ1v) is 10.0. The number of para-hydroxylation sites is 1. The van der Waals surface area contributed by atoms with Gasteiger partial charge in [-0.05, 0) is 31.2 Å². The molecule has 2 heterocycles. The number of rotatable bonds is 6. The molecule has 0 unspecified atom stereocenters. The predicted octanol–water partition coefficient (Wildman–Crippen LogP) is 3.89. The molecule has 2 amide bonds. The molecule has 4 aromatic rings. The second-order valence-electron chi connectivity index (χ2n) is 6.54. The Hall–Kier alpha value is -3.39. The smallest absolute Gasteiger partial charge is 0.256 e. The Labute approximate surface area is 171 Å². The van der Waals surface area contributed by atoms with Gasteiger partial charge in [-0.3, -0.25) is 9.59 Å². The van der Waals surface area contributed by atoms with Crippen LogP contribution in [0.2, 0.25) is 0 Å². The number of ether oxygens (including phenoxy) is 1. The molecule has 4 rings (SSSR count). The SMILES string of the molecule is CCOc1ccc2nc(NC(=O)CN(C)C(=O)c3c[nH]c4ccccc34)sc2c1. The van der Waals surface area contributed by atoms with Crippen LogP contribution in [0.3, 0.4) is 0 Å². The fourth-order valence-corrected chi connectivity index (χ4v) is 4.03. The first kappa shape index (κ1) is 18.9. The fourth-order valence-electron chi connectivity index (χ4n) is 3.11. The van der Waals surface area contributed by atoms with Crippen LogP contribution in [0.15, 0.2) is 48.7 Å². The third-order valence-electron chi connectivity index (χ3n) is 4.46. The first-order chi connectivity index (χ1) is 14.0. The number of carbonyl (C=O) groups excluding carboxylic acids is 2. The van der Waals surface area contributed by atoms with E-state index in [2.05, 4.69) is 15.3 Å². The molecule has 0 aliphatic carbocycles. The maximum atomic E-state index is 12.7. The second-order valence-corrected chi connectivity index (χ2v) is 7.57. The van der Waals surface area contributed by atoms with E-state index < -0.39 is 0 Å². The Bertz CT molecular complexity index is 1200. The quantitative estimate of drug-likeness (QED) is 0.507. The summed E-state index contributed by atoms with van der Waals surface area (Å²) in [6, 6.07) is 13.2. The minimum Gasteiger partial charge on any atom is -0.494 e. The number of fused-ring (bicyclic) bond motifs is 2. The highest BCUT2D eigenvalue weighted by Crippen LogP contribution is 2.29. The molecule has 0 radical (unpaired) electrons. The van der Waals surface area contributed by atoms with Crippen molar-refractivity contribution in [3.63, 3.8) is 0 Å². The van der Waals surface area contributed by atoms with E-state index in [4.69, 9.17) is 4.74 Å². The van der Waals surface area contributed by atoms with Gasteiger partial charge in [0, 0.05) is 24.1 Å². The highest BCUT2D eigenvalue weighted by atomic mass is 32.1. The van der Waals surface area contributed by atoms with Crippen molar-refractivity contribution in [2.45, 2.75) is 6.92 Å². The molecule has 0 atom stereocenters. The lowest BCUT2D eigenvalue weighted by Gasteiger charge is -2.15. The van der Waals surface area contributed by atoms with E-state index in [-0.39, 0.29) is 18.4 Å². The van der Waals surface area contributed by atoms with Crippen molar-refractivity contribution in [1.29, 1.82) is 0 Å². The zero-order chi connectivity index (χ0) is 20.4. The van der Waals surface area contributed by atoms with Gasteiger partial charge in [-0.15, -0.1) is 0 Å². The van der Waals surface area contributed by atoms with Crippen LogP contribution < -0.4 is 10.1 Å². The molecule has 2 aromatic heterocycles. The standard InChI is InChI=1S/C21H20N4O3S/c1-3-28-13-8-9-17-18(10-13)29-21(23-17)24-19(26)12-25(2)20(27)15-11-22-16-7-5-4-6-14(15)16/h4-11,22H,3,12H2,1-2H3,(H,23,24,26). The number of nitrogens with one attached hydrogen (secondary N) is 2. The van der Waals surface area contributed by atoms with Gasteiger partial charge in [-0.2, -0.15) is 0 Å². The van der Waals surface area contributed by atoms with Crippen LogP contribution in [0.25, 0.3) is 21.1 Å². The summed E-state index contributed by atoms with van der Waals surface area (Å²) in [6.07, 6.45) is 1.67. The van der Waals surface area contributed by atoms with Crippen molar-refractivity contribution < 1.29 is 14.3 Å². The zero-order valence-electron chi connectivity index (χ0n) is 16.1. The molecule has 0 spiro atoms. The second kappa shape index (κ2) is 7.92. The van der Waals surface area contributed by atoms with Crippen LogP contribution in [0.1, 0.15) is 17.3 Å².